The Labute approximate surface area is 119 Å². The summed E-state index contributed by atoms with van der Waals surface area (Å²) in [6.07, 6.45) is 0. The molecule has 0 saturated carbocycles. The molecule has 0 aliphatic heterocycles. The highest BCUT2D eigenvalue weighted by atomic mass is 16.2. The van der Waals surface area contributed by atoms with E-state index in [0.717, 1.165) is 16.9 Å². The fourth-order valence-corrected chi connectivity index (χ4v) is 2.07. The maximum atomic E-state index is 11.9. The average Bonchev–Trinajstić information content (AvgIpc) is 2.82. The molecule has 3 rings (SSSR count). The van der Waals surface area contributed by atoms with Crippen molar-refractivity contribution in [2.24, 2.45) is 7.05 Å². The number of aromatic nitrogens is 4. The number of aryl methyl sites for hydroxylation is 1. The molecule has 2 heterocycles. The summed E-state index contributed by atoms with van der Waals surface area (Å²) in [4.78, 5) is 27.3. The van der Waals surface area contributed by atoms with Gasteiger partial charge >= 0.3 is 0 Å². The molecule has 21 heavy (non-hydrogen) atoms. The van der Waals surface area contributed by atoms with Gasteiger partial charge in [0.15, 0.2) is 0 Å². The first-order valence-corrected chi connectivity index (χ1v) is 6.39. The Morgan fingerprint density at radius 3 is 2.81 bits per heavy atom. The smallest absolute Gasteiger partial charge is 0.272 e. The normalized spacial score (nSPS) is 10.7. The summed E-state index contributed by atoms with van der Waals surface area (Å²) in [5.41, 5.74) is 1.70. The van der Waals surface area contributed by atoms with Crippen LogP contribution in [0.3, 0.4) is 0 Å². The number of hydrogen-bond donors (Lipinski definition) is 2. The van der Waals surface area contributed by atoms with Gasteiger partial charge in [0.2, 0.25) is 0 Å². The Bertz CT molecular complexity index is 845. The van der Waals surface area contributed by atoms with E-state index >= 15 is 0 Å². The summed E-state index contributed by atoms with van der Waals surface area (Å²) < 4.78 is 1.93. The molecular weight excluding hydrogens is 270 g/mol. The molecule has 7 heteroatoms. The van der Waals surface area contributed by atoms with E-state index in [1.165, 1.54) is 12.1 Å². The molecule has 0 aliphatic carbocycles. The summed E-state index contributed by atoms with van der Waals surface area (Å²) in [5, 5.41) is 8.63. The number of fused-ring (bicyclic) bond motifs is 1. The second-order valence-corrected chi connectivity index (χ2v) is 4.56. The zero-order valence-corrected chi connectivity index (χ0v) is 11.3. The Kier molecular flexibility index (Phi) is 3.23. The number of hydrogen-bond acceptors (Lipinski definition) is 4. The quantitative estimate of drug-likeness (QED) is 0.735. The third kappa shape index (κ3) is 2.53. The van der Waals surface area contributed by atoms with Crippen LogP contribution in [0.2, 0.25) is 0 Å². The number of amides is 1. The average molecular weight is 283 g/mol. The molecule has 0 spiro atoms. The Hall–Kier alpha value is -2.96. The first-order chi connectivity index (χ1) is 10.1. The lowest BCUT2D eigenvalue weighted by molar-refractivity contribution is 0.0943. The highest BCUT2D eigenvalue weighted by Gasteiger charge is 2.10. The molecule has 0 fully saturated rings. The molecule has 0 saturated heterocycles. The zero-order valence-electron chi connectivity index (χ0n) is 11.3. The van der Waals surface area contributed by atoms with E-state index in [0.29, 0.717) is 0 Å². The lowest BCUT2D eigenvalue weighted by atomic mass is 10.3. The second-order valence-electron chi connectivity index (χ2n) is 4.56. The fourth-order valence-electron chi connectivity index (χ4n) is 2.07. The molecule has 3 aromatic rings. The fraction of sp³-hybridized carbons (Fsp3) is 0.143. The second kappa shape index (κ2) is 5.20. The minimum absolute atomic E-state index is 0.161. The largest absolute Gasteiger partial charge is 0.343 e. The molecule has 2 aromatic heterocycles. The predicted molar refractivity (Wildman–Crippen MR) is 76.7 cm³/mol. The van der Waals surface area contributed by atoms with Crippen LogP contribution in [0.15, 0.2) is 41.2 Å². The van der Waals surface area contributed by atoms with Crippen LogP contribution >= 0.6 is 0 Å². The molecule has 0 bridgehead atoms. The van der Waals surface area contributed by atoms with Gasteiger partial charge < -0.3 is 9.88 Å². The molecule has 106 valence electrons. The zero-order chi connectivity index (χ0) is 14.8. The van der Waals surface area contributed by atoms with Gasteiger partial charge in [0.1, 0.15) is 11.5 Å². The molecule has 0 radical (unpaired) electrons. The highest BCUT2D eigenvalue weighted by Crippen LogP contribution is 2.13. The number of para-hydroxylation sites is 2. The van der Waals surface area contributed by atoms with Crippen LogP contribution in [-0.4, -0.2) is 25.7 Å². The van der Waals surface area contributed by atoms with Crippen molar-refractivity contribution in [3.63, 3.8) is 0 Å². The number of H-pyrrole nitrogens is 1. The molecule has 2 N–H and O–H groups in total. The monoisotopic (exact) mass is 283 g/mol. The van der Waals surface area contributed by atoms with Gasteiger partial charge in [-0.1, -0.05) is 12.1 Å². The summed E-state index contributed by atoms with van der Waals surface area (Å²) >= 11 is 0. The lowest BCUT2D eigenvalue weighted by Gasteiger charge is -2.04. The molecule has 0 aliphatic rings. The third-order valence-electron chi connectivity index (χ3n) is 3.20. The first kappa shape index (κ1) is 13.0. The van der Waals surface area contributed by atoms with Gasteiger partial charge in [0.25, 0.3) is 11.5 Å². The van der Waals surface area contributed by atoms with Gasteiger partial charge in [-0.3, -0.25) is 9.59 Å². The van der Waals surface area contributed by atoms with Gasteiger partial charge in [-0.05, 0) is 18.2 Å². The van der Waals surface area contributed by atoms with E-state index < -0.39 is 0 Å². The van der Waals surface area contributed by atoms with Crippen LogP contribution < -0.4 is 10.9 Å². The van der Waals surface area contributed by atoms with Crippen LogP contribution in [0.1, 0.15) is 16.3 Å². The van der Waals surface area contributed by atoms with Crippen molar-refractivity contribution in [1.29, 1.82) is 0 Å². The number of nitrogens with one attached hydrogen (secondary N) is 2. The Balaban J connectivity index is 1.77. The standard InChI is InChI=1S/C14H13N5O2/c1-19-11-5-3-2-4-9(11)16-12(19)8-15-14(21)10-6-7-13(20)18-17-10/h2-7H,8H2,1H3,(H,15,21)(H,18,20). The number of nitrogens with zero attached hydrogens (tertiary/aromatic N) is 3. The van der Waals surface area contributed by atoms with Crippen LogP contribution in [0, 0.1) is 0 Å². The van der Waals surface area contributed by atoms with E-state index in [-0.39, 0.29) is 23.7 Å². The van der Waals surface area contributed by atoms with Crippen molar-refractivity contribution in [1.82, 2.24) is 25.1 Å². The van der Waals surface area contributed by atoms with Crippen LogP contribution in [-0.2, 0) is 13.6 Å². The van der Waals surface area contributed by atoms with Gasteiger partial charge in [0.05, 0.1) is 17.6 Å². The van der Waals surface area contributed by atoms with Crippen molar-refractivity contribution in [2.45, 2.75) is 6.54 Å². The number of imidazole rings is 1. The summed E-state index contributed by atoms with van der Waals surface area (Å²) in [6, 6.07) is 10.4. The van der Waals surface area contributed by atoms with Gasteiger partial charge in [0, 0.05) is 13.1 Å². The van der Waals surface area contributed by atoms with E-state index in [2.05, 4.69) is 20.5 Å². The maximum Gasteiger partial charge on any atom is 0.272 e. The molecule has 7 nitrogen and oxygen atoms in total. The molecule has 0 atom stereocenters. The molecule has 1 aromatic carbocycles. The van der Waals surface area contributed by atoms with Crippen molar-refractivity contribution < 1.29 is 4.79 Å². The summed E-state index contributed by atoms with van der Waals surface area (Å²) in [6.45, 7) is 0.283. The van der Waals surface area contributed by atoms with Gasteiger partial charge in [-0.25, -0.2) is 10.1 Å². The number of benzene rings is 1. The Morgan fingerprint density at radius 1 is 1.29 bits per heavy atom. The van der Waals surface area contributed by atoms with Crippen molar-refractivity contribution in [3.8, 4) is 0 Å². The number of carbonyl (C=O) groups is 1. The van der Waals surface area contributed by atoms with E-state index in [1.54, 1.807) is 0 Å². The third-order valence-corrected chi connectivity index (χ3v) is 3.20. The summed E-state index contributed by atoms with van der Waals surface area (Å²) in [5.74, 6) is 0.382. The van der Waals surface area contributed by atoms with Crippen molar-refractivity contribution >= 4 is 16.9 Å². The topological polar surface area (TPSA) is 92.7 Å². The van der Waals surface area contributed by atoms with E-state index in [1.807, 2.05) is 35.9 Å². The number of carbonyl (C=O) groups excluding carboxylic acids is 1. The van der Waals surface area contributed by atoms with E-state index in [4.69, 9.17) is 0 Å². The van der Waals surface area contributed by atoms with Crippen molar-refractivity contribution in [3.05, 3.63) is 58.3 Å². The number of rotatable bonds is 3. The predicted octanol–water partition coefficient (Wildman–Crippen LogP) is 0.587. The SMILES string of the molecule is Cn1c(CNC(=O)c2ccc(=O)[nH]n2)nc2ccccc21. The summed E-state index contributed by atoms with van der Waals surface area (Å²) in [7, 11) is 1.90. The van der Waals surface area contributed by atoms with Crippen LogP contribution in [0.4, 0.5) is 0 Å². The highest BCUT2D eigenvalue weighted by molar-refractivity contribution is 5.91. The van der Waals surface area contributed by atoms with Crippen LogP contribution in [0.25, 0.3) is 11.0 Å². The minimum Gasteiger partial charge on any atom is -0.343 e. The van der Waals surface area contributed by atoms with Crippen molar-refractivity contribution in [2.75, 3.05) is 0 Å². The molecule has 0 unspecified atom stereocenters. The lowest BCUT2D eigenvalue weighted by Crippen LogP contribution is -2.26. The van der Waals surface area contributed by atoms with Crippen LogP contribution in [0.5, 0.6) is 0 Å². The Morgan fingerprint density at radius 2 is 2.10 bits per heavy atom. The van der Waals surface area contributed by atoms with Gasteiger partial charge in [-0.15, -0.1) is 0 Å². The van der Waals surface area contributed by atoms with Gasteiger partial charge in [-0.2, -0.15) is 5.10 Å². The minimum atomic E-state index is -0.363. The van der Waals surface area contributed by atoms with E-state index in [9.17, 15) is 9.59 Å². The maximum absolute atomic E-state index is 11.9. The number of aromatic amines is 1. The molecular formula is C14H13N5O2. The first-order valence-electron chi connectivity index (χ1n) is 6.39. The molecule has 1 amide bonds.